The number of hydrogen-bond acceptors (Lipinski definition) is 6. The van der Waals surface area contributed by atoms with Crippen LogP contribution in [0.5, 0.6) is 0 Å². The Hall–Kier alpha value is -3.23. The highest BCUT2D eigenvalue weighted by Gasteiger charge is 2.36. The molecule has 0 aliphatic carbocycles. The van der Waals surface area contributed by atoms with Crippen LogP contribution in [0.4, 0.5) is 5.69 Å². The van der Waals surface area contributed by atoms with Gasteiger partial charge in [-0.3, -0.25) is 14.6 Å². The van der Waals surface area contributed by atoms with Gasteiger partial charge < -0.3 is 14.7 Å². The third-order valence-electron chi connectivity index (χ3n) is 8.97. The van der Waals surface area contributed by atoms with E-state index in [0.29, 0.717) is 5.56 Å². The number of carbonyl (C=O) groups is 1. The number of aryl methyl sites for hydroxylation is 3. The van der Waals surface area contributed by atoms with Gasteiger partial charge in [0.2, 0.25) is 0 Å². The molecule has 8 heteroatoms. The van der Waals surface area contributed by atoms with Gasteiger partial charge in [-0.1, -0.05) is 32.0 Å². The monoisotopic (exact) mass is 587 g/mol. The minimum absolute atomic E-state index is 0.259. The predicted octanol–water partition coefficient (Wildman–Crippen LogP) is 6.71. The molecule has 5 rings (SSSR count). The van der Waals surface area contributed by atoms with Crippen LogP contribution in [0.2, 0.25) is 0 Å². The number of carboxylic acid groups (broad SMARTS) is 1. The molecule has 3 aromatic rings. The Morgan fingerprint density at radius 3 is 2.44 bits per heavy atom. The van der Waals surface area contributed by atoms with Gasteiger partial charge in [0.1, 0.15) is 0 Å². The Morgan fingerprint density at radius 2 is 1.81 bits per heavy atom. The predicted molar refractivity (Wildman–Crippen MR) is 171 cm³/mol. The normalized spacial score (nSPS) is 18.0. The van der Waals surface area contributed by atoms with E-state index < -0.39 is 17.7 Å². The smallest absolute Gasteiger partial charge is 0.337 e. The van der Waals surface area contributed by atoms with Gasteiger partial charge in [0.25, 0.3) is 0 Å². The number of carboxylic acids is 1. The second kappa shape index (κ2) is 12.0. The van der Waals surface area contributed by atoms with Crippen molar-refractivity contribution in [2.45, 2.75) is 106 Å². The number of pyridine rings is 1. The molecule has 1 fully saturated rings. The van der Waals surface area contributed by atoms with Crippen molar-refractivity contribution >= 4 is 11.7 Å². The lowest BCUT2D eigenvalue weighted by Gasteiger charge is -2.41. The summed E-state index contributed by atoms with van der Waals surface area (Å²) >= 11 is 0. The highest BCUT2D eigenvalue weighted by atomic mass is 16.5. The molecule has 4 heterocycles. The lowest BCUT2D eigenvalue weighted by molar-refractivity contribution is -0.160. The third kappa shape index (κ3) is 6.96. The van der Waals surface area contributed by atoms with Crippen LogP contribution in [0, 0.1) is 19.3 Å². The molecule has 0 unspecified atom stereocenters. The first kappa shape index (κ1) is 31.2. The molecule has 1 atom stereocenters. The summed E-state index contributed by atoms with van der Waals surface area (Å²) in [5.74, 6) is -0.983. The van der Waals surface area contributed by atoms with Crippen molar-refractivity contribution in [2.75, 3.05) is 24.5 Å². The lowest BCUT2D eigenvalue weighted by Crippen LogP contribution is -2.39. The first-order valence-electron chi connectivity index (χ1n) is 15.8. The topological polar surface area (TPSA) is 83.7 Å². The van der Waals surface area contributed by atoms with E-state index >= 15 is 0 Å². The number of ether oxygens (including phenoxy) is 1. The van der Waals surface area contributed by atoms with Crippen LogP contribution in [0.15, 0.2) is 30.6 Å². The minimum atomic E-state index is -1.11. The maximum absolute atomic E-state index is 12.8. The summed E-state index contributed by atoms with van der Waals surface area (Å²) in [5, 5.41) is 14.9. The Morgan fingerprint density at radius 1 is 1.09 bits per heavy atom. The average molecular weight is 588 g/mol. The molecule has 0 amide bonds. The van der Waals surface area contributed by atoms with Crippen molar-refractivity contribution < 1.29 is 14.6 Å². The fraction of sp³-hybridized carbons (Fsp3) is 0.571. The summed E-state index contributed by atoms with van der Waals surface area (Å²) in [7, 11) is 0. The largest absolute Gasteiger partial charge is 0.479 e. The van der Waals surface area contributed by atoms with E-state index in [1.165, 1.54) is 16.7 Å². The zero-order chi connectivity index (χ0) is 31.1. The van der Waals surface area contributed by atoms with E-state index in [4.69, 9.17) is 9.72 Å². The fourth-order valence-electron chi connectivity index (χ4n) is 6.58. The van der Waals surface area contributed by atoms with Gasteiger partial charge in [-0.15, -0.1) is 0 Å². The van der Waals surface area contributed by atoms with Crippen LogP contribution in [0.25, 0.3) is 11.1 Å². The van der Waals surface area contributed by atoms with E-state index in [9.17, 15) is 9.90 Å². The summed E-state index contributed by atoms with van der Waals surface area (Å²) in [6.07, 6.45) is 6.06. The molecule has 1 aromatic carbocycles. The number of aliphatic carboxylic acids is 1. The maximum atomic E-state index is 12.8. The first-order valence-corrected chi connectivity index (χ1v) is 15.8. The summed E-state index contributed by atoms with van der Waals surface area (Å²) in [4.78, 5) is 22.6. The van der Waals surface area contributed by atoms with Gasteiger partial charge in [-0.25, -0.2) is 4.79 Å². The van der Waals surface area contributed by atoms with E-state index in [1.807, 2.05) is 38.6 Å². The number of benzene rings is 1. The molecule has 1 N–H and O–H groups in total. The Kier molecular flexibility index (Phi) is 8.74. The van der Waals surface area contributed by atoms with Crippen LogP contribution < -0.4 is 4.90 Å². The summed E-state index contributed by atoms with van der Waals surface area (Å²) in [5.41, 5.74) is 9.00. The molecule has 0 radical (unpaired) electrons. The van der Waals surface area contributed by atoms with Crippen molar-refractivity contribution in [2.24, 2.45) is 5.41 Å². The van der Waals surface area contributed by atoms with E-state index in [0.717, 1.165) is 86.7 Å². The average Bonchev–Trinajstić information content (AvgIpc) is 3.38. The molecule has 0 bridgehead atoms. The van der Waals surface area contributed by atoms with Gasteiger partial charge in [0.15, 0.2) is 6.10 Å². The molecule has 232 valence electrons. The highest BCUT2D eigenvalue weighted by Crippen LogP contribution is 2.45. The second-order valence-corrected chi connectivity index (χ2v) is 14.2. The van der Waals surface area contributed by atoms with Crippen molar-refractivity contribution in [3.05, 3.63) is 64.2 Å². The SMILES string of the molecule is CCn1cc(CN2CCc3cc(-c4c(C)nc(C)c([C@H](OC(C)(C)C)C(=O)O)c4N4CCC(C)(C)CC4)ccc3C2)cn1. The van der Waals surface area contributed by atoms with E-state index in [1.54, 1.807) is 0 Å². The molecule has 2 aliphatic heterocycles. The van der Waals surface area contributed by atoms with Crippen LogP contribution in [0.1, 0.15) is 94.1 Å². The Labute approximate surface area is 257 Å². The second-order valence-electron chi connectivity index (χ2n) is 14.2. The quantitative estimate of drug-likeness (QED) is 0.314. The molecule has 2 aromatic heterocycles. The molecule has 2 aliphatic rings. The molecule has 1 saturated heterocycles. The summed E-state index contributed by atoms with van der Waals surface area (Å²) in [6, 6.07) is 6.79. The molecule has 43 heavy (non-hydrogen) atoms. The highest BCUT2D eigenvalue weighted by molar-refractivity contribution is 5.88. The van der Waals surface area contributed by atoms with Gasteiger partial charge in [0.05, 0.1) is 17.5 Å². The number of aromatic nitrogens is 3. The number of fused-ring (bicyclic) bond motifs is 1. The molecule has 0 saturated carbocycles. The lowest BCUT2D eigenvalue weighted by atomic mass is 9.81. The summed E-state index contributed by atoms with van der Waals surface area (Å²) < 4.78 is 8.23. The molecule has 0 spiro atoms. The van der Waals surface area contributed by atoms with Crippen LogP contribution in [0.3, 0.4) is 0 Å². The fourth-order valence-corrected chi connectivity index (χ4v) is 6.58. The minimum Gasteiger partial charge on any atom is -0.479 e. The van der Waals surface area contributed by atoms with Crippen molar-refractivity contribution in [3.63, 3.8) is 0 Å². The van der Waals surface area contributed by atoms with Crippen LogP contribution >= 0.6 is 0 Å². The Bertz CT molecular complexity index is 1480. The number of anilines is 1. The number of rotatable bonds is 8. The number of hydrogen-bond donors (Lipinski definition) is 1. The molecule has 8 nitrogen and oxygen atoms in total. The van der Waals surface area contributed by atoms with E-state index in [2.05, 4.69) is 67.0 Å². The standard InChI is InChI=1S/C35H49N5O3/c1-9-40-21-25(19-36-40)20-38-15-12-26-18-27(10-11-28(26)22-38)29-23(2)37-24(3)30(32(33(41)42)43-34(4,5)6)31(29)39-16-13-35(7,8)14-17-39/h10-11,18-19,21,32H,9,12-17,20,22H2,1-8H3,(H,41,42)/t32-/m0/s1. The Balaban J connectivity index is 1.56. The van der Waals surface area contributed by atoms with Crippen LogP contribution in [-0.2, 0) is 35.6 Å². The van der Waals surface area contributed by atoms with Gasteiger partial charge in [-0.2, -0.15) is 5.10 Å². The van der Waals surface area contributed by atoms with Crippen molar-refractivity contribution in [1.29, 1.82) is 0 Å². The van der Waals surface area contributed by atoms with Gasteiger partial charge in [-0.05, 0) is 82.9 Å². The van der Waals surface area contributed by atoms with Crippen molar-refractivity contribution in [3.8, 4) is 11.1 Å². The zero-order valence-corrected chi connectivity index (χ0v) is 27.3. The molecular weight excluding hydrogens is 538 g/mol. The zero-order valence-electron chi connectivity index (χ0n) is 27.3. The van der Waals surface area contributed by atoms with Crippen LogP contribution in [-0.4, -0.2) is 56.0 Å². The third-order valence-corrected chi connectivity index (χ3v) is 8.97. The number of nitrogens with zero attached hydrogens (tertiary/aromatic N) is 5. The van der Waals surface area contributed by atoms with Crippen molar-refractivity contribution in [1.82, 2.24) is 19.7 Å². The number of piperidine rings is 1. The van der Waals surface area contributed by atoms with Gasteiger partial charge >= 0.3 is 5.97 Å². The first-order chi connectivity index (χ1) is 20.2. The van der Waals surface area contributed by atoms with Gasteiger partial charge in [0, 0.05) is 73.5 Å². The van der Waals surface area contributed by atoms with E-state index in [-0.39, 0.29) is 5.41 Å². The maximum Gasteiger partial charge on any atom is 0.337 e. The molecular formula is C35H49N5O3. The summed E-state index contributed by atoms with van der Waals surface area (Å²) in [6.45, 7) is 21.9.